The van der Waals surface area contributed by atoms with Gasteiger partial charge in [-0.1, -0.05) is 20.8 Å². The van der Waals surface area contributed by atoms with Gasteiger partial charge in [0.25, 0.3) is 0 Å². The molecule has 0 aliphatic heterocycles. The number of aliphatic hydroxyl groups excluding tert-OH is 1. The minimum Gasteiger partial charge on any atom is -0.389 e. The Morgan fingerprint density at radius 1 is 1.20 bits per heavy atom. The summed E-state index contributed by atoms with van der Waals surface area (Å²) in [6.07, 6.45) is 3.27. The average Bonchev–Trinajstić information content (AvgIpc) is 2.60. The van der Waals surface area contributed by atoms with Gasteiger partial charge >= 0.3 is 0 Å². The lowest BCUT2D eigenvalue weighted by Gasteiger charge is -2.41. The van der Waals surface area contributed by atoms with Crippen molar-refractivity contribution in [2.75, 3.05) is 0 Å². The van der Waals surface area contributed by atoms with Crippen LogP contribution in [0.25, 0.3) is 0 Å². The van der Waals surface area contributed by atoms with Gasteiger partial charge in [-0.2, -0.15) is 0 Å². The highest BCUT2D eigenvalue weighted by Gasteiger charge is 2.62. The summed E-state index contributed by atoms with van der Waals surface area (Å²) in [5.74, 6) is 0.774. The Kier molecular flexibility index (Phi) is 5.57. The summed E-state index contributed by atoms with van der Waals surface area (Å²) in [4.78, 5) is 0. The standard InChI is InChI=1S/C16H31NO2.ClH/c1-10(2)17-14(11(3)18)19-13-9-12-7-8-16(13,6)15(12,4)5;/h10-14,17-18H,7-9H2,1-6H3;1H. The summed E-state index contributed by atoms with van der Waals surface area (Å²) < 4.78 is 6.30. The van der Waals surface area contributed by atoms with E-state index in [0.717, 1.165) is 12.3 Å². The fraction of sp³-hybridized carbons (Fsp3) is 1.00. The maximum atomic E-state index is 9.92. The minimum atomic E-state index is -0.478. The van der Waals surface area contributed by atoms with Crippen molar-refractivity contribution in [3.63, 3.8) is 0 Å². The molecule has 2 bridgehead atoms. The molecule has 2 N–H and O–H groups in total. The molecule has 2 fully saturated rings. The van der Waals surface area contributed by atoms with E-state index in [1.165, 1.54) is 12.8 Å². The summed E-state index contributed by atoms with van der Waals surface area (Å²) in [6.45, 7) is 13.1. The normalized spacial score (nSPS) is 37.8. The summed E-state index contributed by atoms with van der Waals surface area (Å²) >= 11 is 0. The Morgan fingerprint density at radius 3 is 2.15 bits per heavy atom. The summed E-state index contributed by atoms with van der Waals surface area (Å²) in [5.41, 5.74) is 0.613. The van der Waals surface area contributed by atoms with Gasteiger partial charge < -0.3 is 9.84 Å². The lowest BCUT2D eigenvalue weighted by atomic mass is 9.70. The maximum Gasteiger partial charge on any atom is 0.134 e. The van der Waals surface area contributed by atoms with Gasteiger partial charge in [0.05, 0.1) is 12.2 Å². The van der Waals surface area contributed by atoms with Crippen LogP contribution < -0.4 is 5.32 Å². The van der Waals surface area contributed by atoms with Crippen LogP contribution in [-0.4, -0.2) is 29.6 Å². The Bertz CT molecular complexity index is 332. The van der Waals surface area contributed by atoms with Crippen LogP contribution in [-0.2, 0) is 4.74 Å². The number of halogens is 1. The quantitative estimate of drug-likeness (QED) is 0.765. The molecule has 2 saturated carbocycles. The average molecular weight is 306 g/mol. The van der Waals surface area contributed by atoms with E-state index in [-0.39, 0.29) is 30.2 Å². The first kappa shape index (κ1) is 18.2. The summed E-state index contributed by atoms with van der Waals surface area (Å²) in [5, 5.41) is 13.3. The van der Waals surface area contributed by atoms with Crippen LogP contribution >= 0.6 is 12.4 Å². The number of ether oxygens (including phenoxy) is 1. The molecule has 5 atom stereocenters. The molecule has 3 nitrogen and oxygen atoms in total. The maximum absolute atomic E-state index is 9.92. The van der Waals surface area contributed by atoms with E-state index in [9.17, 15) is 5.11 Å². The molecule has 0 amide bonds. The van der Waals surface area contributed by atoms with E-state index >= 15 is 0 Å². The van der Waals surface area contributed by atoms with Gasteiger partial charge in [0, 0.05) is 6.04 Å². The molecule has 0 aromatic rings. The number of fused-ring (bicyclic) bond motifs is 2. The number of rotatable bonds is 5. The van der Waals surface area contributed by atoms with Gasteiger partial charge in [0.2, 0.25) is 0 Å². The molecule has 0 heterocycles. The molecule has 2 rings (SSSR count). The molecular weight excluding hydrogens is 274 g/mol. The van der Waals surface area contributed by atoms with Crippen LogP contribution in [0.3, 0.4) is 0 Å². The highest BCUT2D eigenvalue weighted by Crippen LogP contribution is 2.66. The number of nitrogens with one attached hydrogen (secondary N) is 1. The number of hydrogen-bond acceptors (Lipinski definition) is 3. The second-order valence-electron chi connectivity index (χ2n) is 7.72. The summed E-state index contributed by atoms with van der Waals surface area (Å²) in [7, 11) is 0. The zero-order chi connectivity index (χ0) is 14.4. The van der Waals surface area contributed by atoms with E-state index in [0.29, 0.717) is 11.5 Å². The fourth-order valence-corrected chi connectivity index (χ4v) is 4.13. The third-order valence-electron chi connectivity index (χ3n) is 5.96. The number of hydrogen-bond donors (Lipinski definition) is 2. The Balaban J connectivity index is 0.00000200. The van der Waals surface area contributed by atoms with Crippen LogP contribution in [0.2, 0.25) is 0 Å². The van der Waals surface area contributed by atoms with Crippen molar-refractivity contribution < 1.29 is 9.84 Å². The Hall–Kier alpha value is 0.170. The SMILES string of the molecule is CC(C)NC(OC1CC2CCC1(C)C2(C)C)C(C)O.Cl. The first-order valence-corrected chi connectivity index (χ1v) is 7.78. The molecule has 0 aromatic carbocycles. The smallest absolute Gasteiger partial charge is 0.134 e. The van der Waals surface area contributed by atoms with Crippen LogP contribution in [0.5, 0.6) is 0 Å². The zero-order valence-corrected chi connectivity index (χ0v) is 14.6. The van der Waals surface area contributed by atoms with Gasteiger partial charge in [-0.05, 0) is 56.8 Å². The minimum absolute atomic E-state index is 0. The largest absolute Gasteiger partial charge is 0.389 e. The predicted octanol–water partition coefficient (Wildman–Crippen LogP) is 3.34. The molecule has 2 aliphatic carbocycles. The van der Waals surface area contributed by atoms with Crippen molar-refractivity contribution in [3.05, 3.63) is 0 Å². The van der Waals surface area contributed by atoms with Crippen molar-refractivity contribution in [3.8, 4) is 0 Å². The molecule has 0 saturated heterocycles. The van der Waals surface area contributed by atoms with Crippen molar-refractivity contribution in [1.29, 1.82) is 0 Å². The van der Waals surface area contributed by atoms with Crippen molar-refractivity contribution in [2.24, 2.45) is 16.7 Å². The van der Waals surface area contributed by atoms with Gasteiger partial charge in [0.1, 0.15) is 6.23 Å². The van der Waals surface area contributed by atoms with Crippen molar-refractivity contribution >= 4 is 12.4 Å². The van der Waals surface area contributed by atoms with Crippen LogP contribution in [0.1, 0.15) is 60.8 Å². The first-order valence-electron chi connectivity index (χ1n) is 7.78. The van der Waals surface area contributed by atoms with Crippen molar-refractivity contribution in [2.45, 2.75) is 85.3 Å². The molecule has 120 valence electrons. The molecule has 4 heteroatoms. The lowest BCUT2D eigenvalue weighted by molar-refractivity contribution is -0.135. The van der Waals surface area contributed by atoms with Crippen LogP contribution in [0, 0.1) is 16.7 Å². The second-order valence-corrected chi connectivity index (χ2v) is 7.72. The van der Waals surface area contributed by atoms with Gasteiger partial charge in [-0.15, -0.1) is 12.4 Å². The van der Waals surface area contributed by atoms with E-state index in [1.807, 2.05) is 0 Å². The highest BCUT2D eigenvalue weighted by atomic mass is 35.5. The van der Waals surface area contributed by atoms with Gasteiger partial charge in [-0.3, -0.25) is 5.32 Å². The molecule has 0 spiro atoms. The predicted molar refractivity (Wildman–Crippen MR) is 85.1 cm³/mol. The van der Waals surface area contributed by atoms with Crippen LogP contribution in [0.4, 0.5) is 0 Å². The third kappa shape index (κ3) is 2.87. The lowest BCUT2D eigenvalue weighted by Crippen LogP contribution is -2.49. The fourth-order valence-electron chi connectivity index (χ4n) is 4.13. The molecular formula is C16H32ClNO2. The van der Waals surface area contributed by atoms with E-state index in [2.05, 4.69) is 39.9 Å². The monoisotopic (exact) mass is 305 g/mol. The van der Waals surface area contributed by atoms with E-state index in [4.69, 9.17) is 4.74 Å². The molecule has 5 unspecified atom stereocenters. The highest BCUT2D eigenvalue weighted by molar-refractivity contribution is 5.85. The molecule has 20 heavy (non-hydrogen) atoms. The Labute approximate surface area is 130 Å². The van der Waals surface area contributed by atoms with E-state index < -0.39 is 6.10 Å². The number of aliphatic hydroxyl groups is 1. The third-order valence-corrected chi connectivity index (χ3v) is 5.96. The zero-order valence-electron chi connectivity index (χ0n) is 13.8. The van der Waals surface area contributed by atoms with Gasteiger partial charge in [-0.25, -0.2) is 0 Å². The van der Waals surface area contributed by atoms with Crippen LogP contribution in [0.15, 0.2) is 0 Å². The second kappa shape index (κ2) is 6.12. The first-order chi connectivity index (χ1) is 8.68. The van der Waals surface area contributed by atoms with Crippen molar-refractivity contribution in [1.82, 2.24) is 5.32 Å². The molecule has 0 aromatic heterocycles. The summed E-state index contributed by atoms with van der Waals surface area (Å²) in [6, 6.07) is 0.319. The molecule has 2 aliphatic rings. The van der Waals surface area contributed by atoms with Gasteiger partial charge in [0.15, 0.2) is 0 Å². The van der Waals surface area contributed by atoms with E-state index in [1.54, 1.807) is 6.92 Å². The topological polar surface area (TPSA) is 41.5 Å². The molecule has 0 radical (unpaired) electrons. The Morgan fingerprint density at radius 2 is 1.80 bits per heavy atom.